The molecule has 272 valence electrons. The second-order valence-electron chi connectivity index (χ2n) is 10.7. The van der Waals surface area contributed by atoms with Gasteiger partial charge in [-0.25, -0.2) is 0 Å². The number of hydrogen-bond acceptors (Lipinski definition) is 10. The monoisotopic (exact) mass is 758 g/mol. The van der Waals surface area contributed by atoms with Gasteiger partial charge in [0.2, 0.25) is 0 Å². The molecule has 0 saturated carbocycles. The lowest BCUT2D eigenvalue weighted by molar-refractivity contribution is -0.0606. The highest BCUT2D eigenvalue weighted by molar-refractivity contribution is 7.87. The van der Waals surface area contributed by atoms with Gasteiger partial charge in [0.25, 0.3) is 0 Å². The van der Waals surface area contributed by atoms with E-state index in [1.807, 2.05) is 0 Å². The molecule has 4 rings (SSSR count). The average molecular weight is 759 g/mol. The third-order valence-electron chi connectivity index (χ3n) is 6.69. The van der Waals surface area contributed by atoms with Crippen LogP contribution in [-0.2, 0) is 28.8 Å². The maximum atomic E-state index is 13.7. The summed E-state index contributed by atoms with van der Waals surface area (Å²) in [6, 6.07) is 19.4. The Kier molecular flexibility index (Phi) is 12.0. The minimum atomic E-state index is -5.06. The van der Waals surface area contributed by atoms with Gasteiger partial charge in [-0.2, -0.15) is 43.2 Å². The van der Waals surface area contributed by atoms with Crippen LogP contribution in [0.15, 0.2) is 117 Å². The first-order chi connectivity index (χ1) is 23.8. The Morgan fingerprint density at radius 3 is 1.14 bits per heavy atom. The van der Waals surface area contributed by atoms with Crippen LogP contribution in [0.25, 0.3) is 0 Å². The number of rotatable bonds is 14. The molecule has 0 aliphatic rings. The Hall–Kier alpha value is -5.10. The number of halogens is 6. The summed E-state index contributed by atoms with van der Waals surface area (Å²) in [5, 5.41) is 5.79. The van der Waals surface area contributed by atoms with Gasteiger partial charge in [-0.1, -0.05) is 45.7 Å². The van der Waals surface area contributed by atoms with Crippen LogP contribution in [0.5, 0.6) is 11.5 Å². The third-order valence-corrected chi connectivity index (χ3v) is 8.93. The maximum Gasteiger partial charge on any atom is 0.437 e. The van der Waals surface area contributed by atoms with Gasteiger partial charge >= 0.3 is 32.6 Å². The molecule has 0 aliphatic carbocycles. The molecule has 51 heavy (non-hydrogen) atoms. The van der Waals surface area contributed by atoms with E-state index in [-0.39, 0.29) is 40.9 Å². The van der Waals surface area contributed by atoms with Crippen molar-refractivity contribution in [3.8, 4) is 11.5 Å². The summed E-state index contributed by atoms with van der Waals surface area (Å²) in [6.45, 7) is 3.46. The molecule has 0 heterocycles. The summed E-state index contributed by atoms with van der Waals surface area (Å²) >= 11 is 0. The number of hydrogen-bond donors (Lipinski definition) is 0. The van der Waals surface area contributed by atoms with Crippen molar-refractivity contribution in [1.82, 2.24) is 0 Å². The molecule has 0 saturated heterocycles. The molecule has 0 aromatic heterocycles. The fraction of sp³-hybridized carbons (Fsp3) is 0.212. The number of ether oxygens (including phenoxy) is 2. The lowest BCUT2D eigenvalue weighted by Gasteiger charge is -2.12. The average Bonchev–Trinajstić information content (AvgIpc) is 3.05. The predicted octanol–water partition coefficient (Wildman–Crippen LogP) is 7.50. The molecule has 18 heteroatoms. The number of nitrogens with zero attached hydrogens (tertiary/aromatic N) is 2. The van der Waals surface area contributed by atoms with Crippen molar-refractivity contribution in [3.63, 3.8) is 0 Å². The van der Waals surface area contributed by atoms with E-state index in [0.717, 1.165) is 35.4 Å². The summed E-state index contributed by atoms with van der Waals surface area (Å²) in [6.07, 6.45) is -9.86. The van der Waals surface area contributed by atoms with Crippen molar-refractivity contribution in [2.75, 3.05) is 13.2 Å². The molecule has 4 aromatic carbocycles. The summed E-state index contributed by atoms with van der Waals surface area (Å²) in [7, 11) is -9.23. The van der Waals surface area contributed by atoms with Gasteiger partial charge in [-0.3, -0.25) is 8.57 Å². The van der Waals surface area contributed by atoms with Crippen molar-refractivity contribution < 1.29 is 61.2 Å². The molecule has 0 aliphatic heterocycles. The third kappa shape index (κ3) is 10.9. The fourth-order valence-electron chi connectivity index (χ4n) is 4.06. The quantitative estimate of drug-likeness (QED) is 0.0560. The smallest absolute Gasteiger partial charge is 0.437 e. The second-order valence-corrected chi connectivity index (χ2v) is 13.7. The molecule has 10 nitrogen and oxygen atoms in total. The Labute approximate surface area is 289 Å². The predicted molar refractivity (Wildman–Crippen MR) is 173 cm³/mol. The first-order valence-corrected chi connectivity index (χ1v) is 17.4. The largest absolute Gasteiger partial charge is 0.493 e. The molecular formula is C33H28F6N2O8S2. The normalized spacial score (nSPS) is 13.1. The molecule has 0 fully saturated rings. The van der Waals surface area contributed by atoms with Crippen LogP contribution in [0.3, 0.4) is 0 Å². The van der Waals surface area contributed by atoms with Gasteiger partial charge in [0.15, 0.2) is 11.4 Å². The standard InChI is InChI=1S/C33H28F6N2O8S2/c1-22-4-16-28(17-5-22)50(42,43)48-40-30(32(34,35)36)24-8-12-26(13-9-24)46-20-3-21-47-27-14-10-25(11-15-27)31(33(37,38)39)41-49-51(44,45)29-18-6-23(2)7-19-29/h4-19H,3,20-21H2,1-2H3. The zero-order chi connectivity index (χ0) is 37.5. The highest BCUT2D eigenvalue weighted by Gasteiger charge is 2.39. The summed E-state index contributed by atoms with van der Waals surface area (Å²) in [4.78, 5) is -0.744. The van der Waals surface area contributed by atoms with E-state index in [0.29, 0.717) is 0 Å². The van der Waals surface area contributed by atoms with Gasteiger partial charge < -0.3 is 9.47 Å². The van der Waals surface area contributed by atoms with Crippen molar-refractivity contribution in [2.45, 2.75) is 42.4 Å². The zero-order valence-electron chi connectivity index (χ0n) is 26.6. The van der Waals surface area contributed by atoms with Crippen molar-refractivity contribution in [1.29, 1.82) is 0 Å². The van der Waals surface area contributed by atoms with Crippen LogP contribution >= 0.6 is 0 Å². The van der Waals surface area contributed by atoms with Gasteiger partial charge in [0, 0.05) is 17.5 Å². The SMILES string of the molecule is Cc1ccc(S(=O)(=O)ON=C(c2ccc(OCCCOc3ccc(C(=NOS(=O)(=O)c4ccc(C)cc4)C(F)(F)F)cc3)cc2)C(F)(F)F)cc1. The summed E-state index contributed by atoms with van der Waals surface area (Å²) in [5.74, 6) is 0.340. The minimum Gasteiger partial charge on any atom is -0.493 e. The number of benzene rings is 4. The van der Waals surface area contributed by atoms with Crippen molar-refractivity contribution in [2.24, 2.45) is 10.3 Å². The van der Waals surface area contributed by atoms with E-state index in [4.69, 9.17) is 9.47 Å². The molecule has 0 N–H and O–H groups in total. The lowest BCUT2D eigenvalue weighted by Crippen LogP contribution is -2.25. The lowest BCUT2D eigenvalue weighted by atomic mass is 10.1. The number of alkyl halides is 6. The van der Waals surface area contributed by atoms with Gasteiger partial charge in [0.1, 0.15) is 21.3 Å². The molecule has 0 spiro atoms. The summed E-state index contributed by atoms with van der Waals surface area (Å²) in [5.41, 5.74) is -2.69. The van der Waals surface area contributed by atoms with E-state index in [1.165, 1.54) is 72.8 Å². The molecule has 4 aromatic rings. The topological polar surface area (TPSA) is 130 Å². The first-order valence-electron chi connectivity index (χ1n) is 14.6. The van der Waals surface area contributed by atoms with Gasteiger partial charge in [-0.15, -0.1) is 0 Å². The van der Waals surface area contributed by atoms with Gasteiger partial charge in [-0.05, 0) is 86.6 Å². The first kappa shape index (κ1) is 38.7. The zero-order valence-corrected chi connectivity index (χ0v) is 28.2. The van der Waals surface area contributed by atoms with Crippen molar-refractivity contribution in [3.05, 3.63) is 119 Å². The van der Waals surface area contributed by atoms with Crippen LogP contribution in [0.1, 0.15) is 28.7 Å². The molecular weight excluding hydrogens is 730 g/mol. The van der Waals surface area contributed by atoms with E-state index < -0.39 is 55.1 Å². The molecule has 0 radical (unpaired) electrons. The van der Waals surface area contributed by atoms with Crippen LogP contribution < -0.4 is 9.47 Å². The van der Waals surface area contributed by atoms with E-state index >= 15 is 0 Å². The maximum absolute atomic E-state index is 13.7. The highest BCUT2D eigenvalue weighted by atomic mass is 32.2. The number of aryl methyl sites for hydroxylation is 2. The Balaban J connectivity index is 1.30. The Morgan fingerprint density at radius 1 is 0.529 bits per heavy atom. The van der Waals surface area contributed by atoms with Crippen LogP contribution in [0.4, 0.5) is 26.3 Å². The van der Waals surface area contributed by atoms with Crippen molar-refractivity contribution >= 4 is 31.7 Å². The molecule has 0 unspecified atom stereocenters. The molecule has 0 atom stereocenters. The molecule has 0 bridgehead atoms. The van der Waals surface area contributed by atoms with E-state index in [1.54, 1.807) is 13.8 Å². The van der Waals surface area contributed by atoms with E-state index in [2.05, 4.69) is 18.9 Å². The fourth-order valence-corrected chi connectivity index (χ4v) is 5.52. The van der Waals surface area contributed by atoms with Crippen LogP contribution in [-0.4, -0.2) is 53.8 Å². The second kappa shape index (κ2) is 15.8. The molecule has 0 amide bonds. The number of oxime groups is 2. The van der Waals surface area contributed by atoms with Crippen LogP contribution in [0, 0.1) is 13.8 Å². The van der Waals surface area contributed by atoms with Crippen LogP contribution in [0.2, 0.25) is 0 Å². The minimum absolute atomic E-state index is 0.0349. The Bertz CT molecular complexity index is 1920. The van der Waals surface area contributed by atoms with E-state index in [9.17, 15) is 43.2 Å². The highest BCUT2D eigenvalue weighted by Crippen LogP contribution is 2.27. The van der Waals surface area contributed by atoms with Gasteiger partial charge in [0.05, 0.1) is 13.2 Å². The summed E-state index contributed by atoms with van der Waals surface area (Å²) < 4.78 is 151. The Morgan fingerprint density at radius 2 is 0.843 bits per heavy atom.